The second-order valence-corrected chi connectivity index (χ2v) is 2.92. The van der Waals surface area contributed by atoms with Crippen molar-refractivity contribution in [2.24, 2.45) is 0 Å². The molecular weight excluding hydrogens is 244 g/mol. The molecular formula is C7H3ClN2O6. The zero-order valence-corrected chi connectivity index (χ0v) is 8.13. The summed E-state index contributed by atoms with van der Waals surface area (Å²) in [5.41, 5.74) is -2.39. The van der Waals surface area contributed by atoms with Crippen molar-refractivity contribution in [3.63, 3.8) is 0 Å². The van der Waals surface area contributed by atoms with Crippen molar-refractivity contribution in [2.75, 3.05) is 0 Å². The van der Waals surface area contributed by atoms with E-state index in [2.05, 4.69) is 4.98 Å². The first-order valence-electron chi connectivity index (χ1n) is 3.66. The Morgan fingerprint density at radius 1 is 1.38 bits per heavy atom. The van der Waals surface area contributed by atoms with E-state index in [4.69, 9.17) is 21.8 Å². The summed E-state index contributed by atoms with van der Waals surface area (Å²) in [6.07, 6.45) is 0. The largest absolute Gasteiger partial charge is 0.478 e. The lowest BCUT2D eigenvalue weighted by molar-refractivity contribution is -0.385. The first kappa shape index (κ1) is 11.9. The molecule has 9 heteroatoms. The zero-order valence-electron chi connectivity index (χ0n) is 7.38. The fraction of sp³-hybridized carbons (Fsp3) is 0. The molecule has 1 rings (SSSR count). The molecule has 1 heterocycles. The summed E-state index contributed by atoms with van der Waals surface area (Å²) in [5, 5.41) is 27.0. The monoisotopic (exact) mass is 246 g/mol. The number of rotatable bonds is 3. The van der Waals surface area contributed by atoms with Crippen molar-refractivity contribution in [2.45, 2.75) is 0 Å². The average Bonchev–Trinajstić information content (AvgIpc) is 2.15. The molecule has 0 bridgehead atoms. The van der Waals surface area contributed by atoms with E-state index in [-0.39, 0.29) is 0 Å². The summed E-state index contributed by atoms with van der Waals surface area (Å²) in [4.78, 5) is 33.9. The van der Waals surface area contributed by atoms with Crippen LogP contribution in [0.2, 0.25) is 5.15 Å². The molecule has 0 saturated carbocycles. The van der Waals surface area contributed by atoms with Crippen LogP contribution in [0.3, 0.4) is 0 Å². The van der Waals surface area contributed by atoms with Gasteiger partial charge in [-0.05, 0) is 0 Å². The Hall–Kier alpha value is -2.22. The topological polar surface area (TPSA) is 131 Å². The van der Waals surface area contributed by atoms with Crippen LogP contribution in [0.15, 0.2) is 6.07 Å². The van der Waals surface area contributed by atoms with Crippen molar-refractivity contribution >= 4 is 29.2 Å². The molecule has 0 amide bonds. The molecule has 0 aromatic carbocycles. The molecule has 0 atom stereocenters. The highest BCUT2D eigenvalue weighted by molar-refractivity contribution is 6.31. The van der Waals surface area contributed by atoms with Crippen LogP contribution in [0.4, 0.5) is 5.69 Å². The van der Waals surface area contributed by atoms with Gasteiger partial charge in [-0.3, -0.25) is 10.1 Å². The number of halogens is 1. The van der Waals surface area contributed by atoms with Crippen LogP contribution in [-0.2, 0) is 0 Å². The Morgan fingerprint density at radius 2 is 1.94 bits per heavy atom. The maximum atomic E-state index is 10.6. The van der Waals surface area contributed by atoms with Gasteiger partial charge in [0.25, 0.3) is 0 Å². The van der Waals surface area contributed by atoms with Gasteiger partial charge in [-0.15, -0.1) is 0 Å². The fourth-order valence-corrected chi connectivity index (χ4v) is 1.14. The highest BCUT2D eigenvalue weighted by atomic mass is 35.5. The summed E-state index contributed by atoms with van der Waals surface area (Å²) in [7, 11) is 0. The van der Waals surface area contributed by atoms with E-state index in [1.165, 1.54) is 0 Å². The Labute approximate surface area is 92.2 Å². The van der Waals surface area contributed by atoms with E-state index >= 15 is 0 Å². The van der Waals surface area contributed by atoms with Crippen LogP contribution in [-0.4, -0.2) is 32.1 Å². The van der Waals surface area contributed by atoms with E-state index in [0.717, 1.165) is 0 Å². The summed E-state index contributed by atoms with van der Waals surface area (Å²) in [6, 6.07) is 0.557. The number of nitro groups is 1. The lowest BCUT2D eigenvalue weighted by Crippen LogP contribution is -2.11. The molecule has 2 N–H and O–H groups in total. The molecule has 0 spiro atoms. The minimum Gasteiger partial charge on any atom is -0.478 e. The third kappa shape index (κ3) is 2.06. The molecule has 16 heavy (non-hydrogen) atoms. The van der Waals surface area contributed by atoms with E-state index in [0.29, 0.717) is 6.07 Å². The first-order valence-corrected chi connectivity index (χ1v) is 4.04. The molecule has 0 aliphatic rings. The maximum absolute atomic E-state index is 10.6. The molecule has 84 valence electrons. The lowest BCUT2D eigenvalue weighted by atomic mass is 10.2. The van der Waals surface area contributed by atoms with Gasteiger partial charge in [0.05, 0.1) is 10.5 Å². The van der Waals surface area contributed by atoms with Crippen LogP contribution in [0.25, 0.3) is 0 Å². The predicted molar refractivity (Wildman–Crippen MR) is 49.8 cm³/mol. The quantitative estimate of drug-likeness (QED) is 0.463. The SMILES string of the molecule is O=C(O)c1cc([N+](=O)[O-])c(Cl)nc1C(=O)O. The van der Waals surface area contributed by atoms with Crippen LogP contribution >= 0.6 is 11.6 Å². The fourth-order valence-electron chi connectivity index (χ4n) is 0.934. The molecule has 1 aromatic heterocycles. The van der Waals surface area contributed by atoms with Crippen LogP contribution in [0, 0.1) is 10.1 Å². The second kappa shape index (κ2) is 4.11. The summed E-state index contributed by atoms with van der Waals surface area (Å²) < 4.78 is 0. The Balaban J connectivity index is 3.55. The lowest BCUT2D eigenvalue weighted by Gasteiger charge is -2.01. The molecule has 0 saturated heterocycles. The Morgan fingerprint density at radius 3 is 2.31 bits per heavy atom. The van der Waals surface area contributed by atoms with Gasteiger partial charge in [0.15, 0.2) is 5.69 Å². The molecule has 0 radical (unpaired) electrons. The average molecular weight is 247 g/mol. The molecule has 0 unspecified atom stereocenters. The van der Waals surface area contributed by atoms with Gasteiger partial charge in [-0.1, -0.05) is 11.6 Å². The predicted octanol–water partition coefficient (Wildman–Crippen LogP) is 1.04. The maximum Gasteiger partial charge on any atom is 0.355 e. The van der Waals surface area contributed by atoms with Crippen molar-refractivity contribution < 1.29 is 24.7 Å². The summed E-state index contributed by atoms with van der Waals surface area (Å²) in [5.74, 6) is -3.26. The minimum atomic E-state index is -1.63. The van der Waals surface area contributed by atoms with Crippen LogP contribution in [0.5, 0.6) is 0 Å². The van der Waals surface area contributed by atoms with Crippen molar-refractivity contribution in [1.82, 2.24) is 4.98 Å². The third-order valence-electron chi connectivity index (χ3n) is 1.59. The van der Waals surface area contributed by atoms with Crippen molar-refractivity contribution in [1.29, 1.82) is 0 Å². The molecule has 0 fully saturated rings. The highest BCUT2D eigenvalue weighted by Crippen LogP contribution is 2.24. The van der Waals surface area contributed by atoms with Gasteiger partial charge in [0, 0.05) is 6.07 Å². The second-order valence-electron chi connectivity index (χ2n) is 2.56. The summed E-state index contributed by atoms with van der Waals surface area (Å²) >= 11 is 5.34. The van der Waals surface area contributed by atoms with Crippen LogP contribution in [0.1, 0.15) is 20.8 Å². The number of carbonyl (C=O) groups is 2. The van der Waals surface area contributed by atoms with Gasteiger partial charge < -0.3 is 10.2 Å². The highest BCUT2D eigenvalue weighted by Gasteiger charge is 2.25. The van der Waals surface area contributed by atoms with Gasteiger partial charge in [0.1, 0.15) is 0 Å². The number of nitrogens with zero attached hydrogens (tertiary/aromatic N) is 2. The minimum absolute atomic E-state index is 0.557. The third-order valence-corrected chi connectivity index (χ3v) is 1.87. The zero-order chi connectivity index (χ0) is 12.5. The van der Waals surface area contributed by atoms with Crippen molar-refractivity contribution in [3.8, 4) is 0 Å². The standard InChI is InChI=1S/C7H3ClN2O6/c8-5-3(10(15)16)1-2(6(11)12)4(9-5)7(13)14/h1H,(H,11,12)(H,13,14). The van der Waals surface area contributed by atoms with Gasteiger partial charge >= 0.3 is 17.6 Å². The van der Waals surface area contributed by atoms with E-state index in [9.17, 15) is 19.7 Å². The summed E-state index contributed by atoms with van der Waals surface area (Å²) in [6.45, 7) is 0. The number of hydrogen-bond donors (Lipinski definition) is 2. The molecule has 8 nitrogen and oxygen atoms in total. The van der Waals surface area contributed by atoms with Gasteiger partial charge in [-0.2, -0.15) is 0 Å². The first-order chi connectivity index (χ1) is 7.34. The van der Waals surface area contributed by atoms with Gasteiger partial charge in [-0.25, -0.2) is 14.6 Å². The van der Waals surface area contributed by atoms with E-state index < -0.39 is 39.0 Å². The number of pyridine rings is 1. The molecule has 0 aliphatic carbocycles. The number of hydrogen-bond acceptors (Lipinski definition) is 5. The number of carboxylic acids is 2. The number of carboxylic acid groups (broad SMARTS) is 2. The Kier molecular flexibility index (Phi) is 3.04. The normalized spacial score (nSPS) is 9.81. The van der Waals surface area contributed by atoms with Crippen LogP contribution < -0.4 is 0 Å². The number of aromatic nitrogens is 1. The molecule has 0 aliphatic heterocycles. The van der Waals surface area contributed by atoms with Gasteiger partial charge in [0.2, 0.25) is 5.15 Å². The van der Waals surface area contributed by atoms with Crippen molar-refractivity contribution in [3.05, 3.63) is 32.6 Å². The Bertz CT molecular complexity index is 500. The molecule has 1 aromatic rings. The van der Waals surface area contributed by atoms with E-state index in [1.807, 2.05) is 0 Å². The van der Waals surface area contributed by atoms with E-state index in [1.54, 1.807) is 0 Å². The smallest absolute Gasteiger partial charge is 0.355 e. The number of aromatic carboxylic acids is 2.